The summed E-state index contributed by atoms with van der Waals surface area (Å²) in [5, 5.41) is 6.59. The fourth-order valence-corrected chi connectivity index (χ4v) is 7.38. The van der Waals surface area contributed by atoms with Crippen molar-refractivity contribution in [2.75, 3.05) is 11.9 Å². The summed E-state index contributed by atoms with van der Waals surface area (Å²) in [4.78, 5) is 12.6. The Hall–Kier alpha value is -3.11. The highest BCUT2D eigenvalue weighted by Gasteiger charge is 2.34. The molecule has 2 saturated carbocycles. The topological polar surface area (TPSA) is 50.4 Å². The van der Waals surface area contributed by atoms with Crippen molar-refractivity contribution in [3.8, 4) is 0 Å². The Balaban J connectivity index is 1.19. The van der Waals surface area contributed by atoms with Gasteiger partial charge in [-0.3, -0.25) is 5.32 Å². The van der Waals surface area contributed by atoms with Crippen LogP contribution >= 0.6 is 0 Å². The number of para-hydroxylation sites is 1. The van der Waals surface area contributed by atoms with Crippen LogP contribution in [0.4, 0.5) is 10.5 Å². The van der Waals surface area contributed by atoms with Crippen LogP contribution in [-0.2, 0) is 4.74 Å². The summed E-state index contributed by atoms with van der Waals surface area (Å²) < 4.78 is 5.85. The average molecular weight is 537 g/mol. The van der Waals surface area contributed by atoms with Crippen LogP contribution in [0, 0.1) is 0 Å². The third-order valence-corrected chi connectivity index (χ3v) is 9.57. The number of hydrogen-bond acceptors (Lipinski definition) is 3. The summed E-state index contributed by atoms with van der Waals surface area (Å²) in [5.74, 6) is 1.63. The first-order chi connectivity index (χ1) is 19.7. The van der Waals surface area contributed by atoms with Crippen molar-refractivity contribution in [1.82, 2.24) is 5.32 Å². The minimum absolute atomic E-state index is 0.153. The van der Waals surface area contributed by atoms with Gasteiger partial charge in [0.25, 0.3) is 0 Å². The standard InChI is InChI=1S/C36H44N2O2/c39-36(38-32-14-8-3-9-15-32)40-33-24-34(37-25-33)35(30-20-16-28(17-21-30)26-10-4-1-5-11-26)31-22-18-29(19-23-31)27-12-6-2-7-13-27/h3,8-9,14-23,26-27,33-35,37H,1-2,4-7,10-13,24-25H2,(H,38,39)/t33-,34?/m1/s1. The molecule has 0 aromatic heterocycles. The van der Waals surface area contributed by atoms with Gasteiger partial charge in [0.2, 0.25) is 0 Å². The van der Waals surface area contributed by atoms with Gasteiger partial charge >= 0.3 is 6.09 Å². The van der Waals surface area contributed by atoms with E-state index in [1.807, 2.05) is 30.3 Å². The maximum Gasteiger partial charge on any atom is 0.411 e. The second-order valence-corrected chi connectivity index (χ2v) is 12.2. The van der Waals surface area contributed by atoms with Crippen LogP contribution in [0.1, 0.15) is 111 Å². The zero-order valence-corrected chi connectivity index (χ0v) is 23.7. The molecule has 3 aromatic carbocycles. The van der Waals surface area contributed by atoms with E-state index in [1.54, 1.807) is 0 Å². The fraction of sp³-hybridized carbons (Fsp3) is 0.472. The molecule has 2 N–H and O–H groups in total. The number of rotatable bonds is 7. The van der Waals surface area contributed by atoms with Gasteiger partial charge in [0.15, 0.2) is 0 Å². The summed E-state index contributed by atoms with van der Waals surface area (Å²) >= 11 is 0. The zero-order chi connectivity index (χ0) is 27.1. The minimum Gasteiger partial charge on any atom is -0.445 e. The number of carbonyl (C=O) groups excluding carboxylic acids is 1. The molecule has 3 fully saturated rings. The van der Waals surface area contributed by atoms with E-state index in [2.05, 4.69) is 59.2 Å². The molecule has 0 radical (unpaired) electrons. The predicted octanol–water partition coefficient (Wildman–Crippen LogP) is 8.89. The normalized spacial score (nSPS) is 22.3. The van der Waals surface area contributed by atoms with Crippen LogP contribution in [0.25, 0.3) is 0 Å². The van der Waals surface area contributed by atoms with E-state index in [-0.39, 0.29) is 24.2 Å². The molecule has 3 aromatic rings. The Kier molecular flexibility index (Phi) is 8.83. The highest BCUT2D eigenvalue weighted by molar-refractivity contribution is 5.84. The third-order valence-electron chi connectivity index (χ3n) is 9.57. The van der Waals surface area contributed by atoms with E-state index in [9.17, 15) is 4.79 Å². The molecule has 4 heteroatoms. The number of amides is 1. The molecule has 3 aliphatic rings. The molecule has 4 nitrogen and oxygen atoms in total. The Morgan fingerprint density at radius 3 is 1.75 bits per heavy atom. The molecule has 1 heterocycles. The number of anilines is 1. The Morgan fingerprint density at radius 2 is 1.23 bits per heavy atom. The van der Waals surface area contributed by atoms with Gasteiger partial charge in [-0.2, -0.15) is 0 Å². The summed E-state index contributed by atoms with van der Waals surface area (Å²) in [6.45, 7) is 0.670. The number of benzene rings is 3. The predicted molar refractivity (Wildman–Crippen MR) is 163 cm³/mol. The second kappa shape index (κ2) is 13.0. The van der Waals surface area contributed by atoms with Crippen molar-refractivity contribution in [3.63, 3.8) is 0 Å². The maximum atomic E-state index is 12.6. The van der Waals surface area contributed by atoms with E-state index in [4.69, 9.17) is 4.74 Å². The molecule has 6 rings (SSSR count). The molecular formula is C36H44N2O2. The zero-order valence-electron chi connectivity index (χ0n) is 23.7. The maximum absolute atomic E-state index is 12.6. The third kappa shape index (κ3) is 6.61. The lowest BCUT2D eigenvalue weighted by Crippen LogP contribution is -2.29. The van der Waals surface area contributed by atoms with Crippen molar-refractivity contribution in [2.45, 2.75) is 101 Å². The first-order valence-corrected chi connectivity index (χ1v) is 15.7. The molecule has 2 aliphatic carbocycles. The highest BCUT2D eigenvalue weighted by Crippen LogP contribution is 2.38. The molecule has 1 amide bonds. The molecule has 1 aliphatic heterocycles. The van der Waals surface area contributed by atoms with E-state index in [0.717, 1.165) is 12.1 Å². The van der Waals surface area contributed by atoms with E-state index in [1.165, 1.54) is 86.5 Å². The summed E-state index contributed by atoms with van der Waals surface area (Å²) in [6, 6.07) is 28.7. The largest absolute Gasteiger partial charge is 0.445 e. The summed E-state index contributed by atoms with van der Waals surface area (Å²) in [5.41, 5.74) is 6.43. The van der Waals surface area contributed by atoms with E-state index >= 15 is 0 Å². The van der Waals surface area contributed by atoms with Gasteiger partial charge in [0.05, 0.1) is 0 Å². The molecule has 1 saturated heterocycles. The van der Waals surface area contributed by atoms with Crippen LogP contribution in [0.3, 0.4) is 0 Å². The van der Waals surface area contributed by atoms with Gasteiger partial charge in [0.1, 0.15) is 6.10 Å². The van der Waals surface area contributed by atoms with Crippen molar-refractivity contribution < 1.29 is 9.53 Å². The number of carbonyl (C=O) groups is 1. The molecule has 2 atom stereocenters. The summed E-state index contributed by atoms with van der Waals surface area (Å²) in [6.07, 6.45) is 13.7. The number of nitrogens with one attached hydrogen (secondary N) is 2. The van der Waals surface area contributed by atoms with Crippen LogP contribution in [-0.4, -0.2) is 24.8 Å². The van der Waals surface area contributed by atoms with Crippen LogP contribution in [0.15, 0.2) is 78.9 Å². The van der Waals surface area contributed by atoms with Crippen molar-refractivity contribution >= 4 is 11.8 Å². The fourth-order valence-electron chi connectivity index (χ4n) is 7.38. The lowest BCUT2D eigenvalue weighted by molar-refractivity contribution is 0.119. The Morgan fingerprint density at radius 1 is 0.700 bits per heavy atom. The second-order valence-electron chi connectivity index (χ2n) is 12.2. The monoisotopic (exact) mass is 536 g/mol. The average Bonchev–Trinajstić information content (AvgIpc) is 3.47. The van der Waals surface area contributed by atoms with Crippen molar-refractivity contribution in [1.29, 1.82) is 0 Å². The Labute approximate surface area is 239 Å². The minimum atomic E-state index is -0.385. The lowest BCUT2D eigenvalue weighted by atomic mass is 9.79. The first-order valence-electron chi connectivity index (χ1n) is 15.7. The molecule has 40 heavy (non-hydrogen) atoms. The number of ether oxygens (including phenoxy) is 1. The van der Waals surface area contributed by atoms with Crippen LogP contribution < -0.4 is 10.6 Å². The van der Waals surface area contributed by atoms with Crippen LogP contribution in [0.5, 0.6) is 0 Å². The molecular weight excluding hydrogens is 492 g/mol. The summed E-state index contributed by atoms with van der Waals surface area (Å²) in [7, 11) is 0. The van der Waals surface area contributed by atoms with E-state index < -0.39 is 0 Å². The van der Waals surface area contributed by atoms with Crippen LogP contribution in [0.2, 0.25) is 0 Å². The number of hydrogen-bond donors (Lipinski definition) is 2. The Bertz CT molecular complexity index is 1150. The smallest absolute Gasteiger partial charge is 0.411 e. The molecule has 1 unspecified atom stereocenters. The first kappa shape index (κ1) is 27.1. The SMILES string of the molecule is O=C(Nc1ccccc1)O[C@H]1CNC(C(c2ccc(C3CCCCC3)cc2)c2ccc(C3CCCCC3)cc2)C1. The van der Waals surface area contributed by atoms with Crippen molar-refractivity contribution in [2.24, 2.45) is 0 Å². The van der Waals surface area contributed by atoms with Gasteiger partial charge in [-0.05, 0) is 71.9 Å². The van der Waals surface area contributed by atoms with Gasteiger partial charge in [0, 0.05) is 30.6 Å². The molecule has 0 bridgehead atoms. The van der Waals surface area contributed by atoms with Gasteiger partial charge in [-0.25, -0.2) is 4.79 Å². The van der Waals surface area contributed by atoms with Gasteiger partial charge in [-0.1, -0.05) is 105 Å². The van der Waals surface area contributed by atoms with Gasteiger partial charge < -0.3 is 10.1 Å². The molecule has 210 valence electrons. The van der Waals surface area contributed by atoms with E-state index in [0.29, 0.717) is 18.4 Å². The molecule has 0 spiro atoms. The quantitative estimate of drug-likeness (QED) is 0.317. The highest BCUT2D eigenvalue weighted by atomic mass is 16.6. The van der Waals surface area contributed by atoms with Gasteiger partial charge in [-0.15, -0.1) is 0 Å². The van der Waals surface area contributed by atoms with Crippen molar-refractivity contribution in [3.05, 3.63) is 101 Å². The lowest BCUT2D eigenvalue weighted by Gasteiger charge is -2.27.